The highest BCUT2D eigenvalue weighted by molar-refractivity contribution is 7.13. The standard InChI is InChI=1S/C18H24N4O2S/c23-17(19-12-14-4-3-11-24-14)13-21-7-9-22(10-8-21)18-15-5-1-2-6-16(15)25-20-18/h1-2,5-6,14H,3-4,7-13H2,(H,19,23)/t14-/m1/s1. The van der Waals surface area contributed by atoms with Crippen molar-refractivity contribution in [3.05, 3.63) is 24.3 Å². The summed E-state index contributed by atoms with van der Waals surface area (Å²) in [6.45, 7) is 5.54. The Bertz CT molecular complexity index is 721. The van der Waals surface area contributed by atoms with Crippen molar-refractivity contribution >= 4 is 33.3 Å². The highest BCUT2D eigenvalue weighted by Crippen LogP contribution is 2.29. The zero-order valence-corrected chi connectivity index (χ0v) is 15.1. The minimum atomic E-state index is 0.100. The number of amides is 1. The van der Waals surface area contributed by atoms with Gasteiger partial charge in [-0.25, -0.2) is 0 Å². The van der Waals surface area contributed by atoms with Crippen LogP contribution < -0.4 is 10.2 Å². The minimum absolute atomic E-state index is 0.100. The number of hydrogen-bond acceptors (Lipinski definition) is 6. The predicted octanol–water partition coefficient (Wildman–Crippen LogP) is 1.71. The van der Waals surface area contributed by atoms with Gasteiger partial charge in [0, 0.05) is 44.7 Å². The van der Waals surface area contributed by atoms with Gasteiger partial charge in [0.2, 0.25) is 5.91 Å². The van der Waals surface area contributed by atoms with Crippen molar-refractivity contribution in [1.82, 2.24) is 14.6 Å². The van der Waals surface area contributed by atoms with Crippen LogP contribution in [-0.2, 0) is 9.53 Å². The molecule has 1 aromatic heterocycles. The smallest absolute Gasteiger partial charge is 0.234 e. The molecule has 1 amide bonds. The lowest BCUT2D eigenvalue weighted by molar-refractivity contribution is -0.122. The van der Waals surface area contributed by atoms with Crippen LogP contribution in [0.25, 0.3) is 10.1 Å². The zero-order chi connectivity index (χ0) is 17.1. The third-order valence-electron chi connectivity index (χ3n) is 4.95. The molecule has 2 saturated heterocycles. The Morgan fingerprint density at radius 1 is 1.28 bits per heavy atom. The van der Waals surface area contributed by atoms with E-state index in [2.05, 4.69) is 43.8 Å². The van der Waals surface area contributed by atoms with Crippen molar-refractivity contribution in [2.75, 3.05) is 50.8 Å². The fourth-order valence-electron chi connectivity index (χ4n) is 3.51. The highest BCUT2D eigenvalue weighted by atomic mass is 32.1. The van der Waals surface area contributed by atoms with Crippen molar-refractivity contribution in [3.63, 3.8) is 0 Å². The van der Waals surface area contributed by atoms with E-state index < -0.39 is 0 Å². The van der Waals surface area contributed by atoms with E-state index in [0.717, 1.165) is 51.4 Å². The molecule has 2 aromatic rings. The van der Waals surface area contributed by atoms with Gasteiger partial charge < -0.3 is 15.0 Å². The van der Waals surface area contributed by atoms with Crippen LogP contribution in [0, 0.1) is 0 Å². The van der Waals surface area contributed by atoms with Crippen molar-refractivity contribution in [1.29, 1.82) is 0 Å². The van der Waals surface area contributed by atoms with Crippen LogP contribution in [0.4, 0.5) is 5.82 Å². The van der Waals surface area contributed by atoms with Gasteiger partial charge in [0.15, 0.2) is 0 Å². The molecule has 1 N–H and O–H groups in total. The van der Waals surface area contributed by atoms with Crippen LogP contribution in [0.15, 0.2) is 24.3 Å². The molecule has 7 heteroatoms. The van der Waals surface area contributed by atoms with Crippen LogP contribution in [0.5, 0.6) is 0 Å². The SMILES string of the molecule is O=C(CN1CCN(c2nsc3ccccc23)CC1)NC[C@H]1CCCO1. The molecule has 0 radical (unpaired) electrons. The number of benzene rings is 1. The molecule has 2 aliphatic rings. The summed E-state index contributed by atoms with van der Waals surface area (Å²) in [7, 11) is 0. The van der Waals surface area contributed by atoms with Crippen LogP contribution in [-0.4, -0.2) is 67.2 Å². The average Bonchev–Trinajstić information content (AvgIpc) is 3.30. The van der Waals surface area contributed by atoms with Crippen LogP contribution in [0.2, 0.25) is 0 Å². The summed E-state index contributed by atoms with van der Waals surface area (Å²) >= 11 is 1.56. The zero-order valence-electron chi connectivity index (χ0n) is 14.3. The van der Waals surface area contributed by atoms with E-state index in [1.807, 2.05) is 0 Å². The fraction of sp³-hybridized carbons (Fsp3) is 0.556. The molecule has 0 aliphatic carbocycles. The molecule has 3 heterocycles. The number of ether oxygens (including phenoxy) is 1. The number of anilines is 1. The third-order valence-corrected chi connectivity index (χ3v) is 5.77. The van der Waals surface area contributed by atoms with Gasteiger partial charge in [-0.15, -0.1) is 0 Å². The second-order valence-corrected chi connectivity index (χ2v) is 7.51. The van der Waals surface area contributed by atoms with Crippen LogP contribution in [0.1, 0.15) is 12.8 Å². The van der Waals surface area contributed by atoms with Gasteiger partial charge in [-0.3, -0.25) is 9.69 Å². The van der Waals surface area contributed by atoms with Gasteiger partial charge in [0.1, 0.15) is 5.82 Å². The normalized spacial score (nSPS) is 21.8. The Morgan fingerprint density at radius 2 is 2.12 bits per heavy atom. The number of carbonyl (C=O) groups excluding carboxylic acids is 1. The molecule has 25 heavy (non-hydrogen) atoms. The van der Waals surface area contributed by atoms with E-state index in [0.29, 0.717) is 13.1 Å². The van der Waals surface area contributed by atoms with E-state index in [1.54, 1.807) is 11.5 Å². The van der Waals surface area contributed by atoms with Gasteiger partial charge in [-0.2, -0.15) is 4.37 Å². The number of piperazine rings is 1. The van der Waals surface area contributed by atoms with Crippen molar-refractivity contribution < 1.29 is 9.53 Å². The molecule has 1 atom stereocenters. The first-order valence-corrected chi connectivity index (χ1v) is 9.77. The van der Waals surface area contributed by atoms with E-state index >= 15 is 0 Å². The summed E-state index contributed by atoms with van der Waals surface area (Å²) in [6.07, 6.45) is 2.37. The lowest BCUT2D eigenvalue weighted by Gasteiger charge is -2.34. The van der Waals surface area contributed by atoms with Crippen molar-refractivity contribution in [2.45, 2.75) is 18.9 Å². The van der Waals surface area contributed by atoms with Crippen molar-refractivity contribution in [2.24, 2.45) is 0 Å². The lowest BCUT2D eigenvalue weighted by atomic mass is 10.2. The summed E-state index contributed by atoms with van der Waals surface area (Å²) in [4.78, 5) is 16.7. The maximum absolute atomic E-state index is 12.1. The van der Waals surface area contributed by atoms with Gasteiger partial charge in [-0.1, -0.05) is 12.1 Å². The molecular formula is C18H24N4O2S. The molecule has 2 aliphatic heterocycles. The van der Waals surface area contributed by atoms with E-state index in [4.69, 9.17) is 4.74 Å². The molecule has 2 fully saturated rings. The topological polar surface area (TPSA) is 57.7 Å². The quantitative estimate of drug-likeness (QED) is 0.880. The monoisotopic (exact) mass is 360 g/mol. The number of rotatable bonds is 5. The number of nitrogens with zero attached hydrogens (tertiary/aromatic N) is 3. The van der Waals surface area contributed by atoms with E-state index in [-0.39, 0.29) is 12.0 Å². The first-order valence-electron chi connectivity index (χ1n) is 8.99. The molecule has 1 aromatic carbocycles. The molecule has 0 unspecified atom stereocenters. The van der Waals surface area contributed by atoms with Gasteiger partial charge >= 0.3 is 0 Å². The first-order chi connectivity index (χ1) is 12.3. The van der Waals surface area contributed by atoms with E-state index in [1.165, 1.54) is 10.1 Å². The van der Waals surface area contributed by atoms with Gasteiger partial charge in [0.25, 0.3) is 0 Å². The van der Waals surface area contributed by atoms with E-state index in [9.17, 15) is 4.79 Å². The minimum Gasteiger partial charge on any atom is -0.376 e. The average molecular weight is 360 g/mol. The maximum atomic E-state index is 12.1. The number of nitrogens with one attached hydrogen (secondary N) is 1. The summed E-state index contributed by atoms with van der Waals surface area (Å²) in [5.41, 5.74) is 0. The van der Waals surface area contributed by atoms with Crippen molar-refractivity contribution in [3.8, 4) is 0 Å². The Hall–Kier alpha value is -1.70. The lowest BCUT2D eigenvalue weighted by Crippen LogP contribution is -2.50. The second-order valence-electron chi connectivity index (χ2n) is 6.70. The number of fused-ring (bicyclic) bond motifs is 1. The fourth-order valence-corrected chi connectivity index (χ4v) is 4.31. The molecule has 6 nitrogen and oxygen atoms in total. The predicted molar refractivity (Wildman–Crippen MR) is 100 cm³/mol. The summed E-state index contributed by atoms with van der Waals surface area (Å²) in [6, 6.07) is 8.37. The second kappa shape index (κ2) is 7.68. The number of hydrogen-bond donors (Lipinski definition) is 1. The first kappa shape index (κ1) is 16.8. The molecule has 134 valence electrons. The molecular weight excluding hydrogens is 336 g/mol. The van der Waals surface area contributed by atoms with Crippen LogP contribution >= 0.6 is 11.5 Å². The van der Waals surface area contributed by atoms with Gasteiger partial charge in [0.05, 0.1) is 17.3 Å². The Balaban J connectivity index is 1.26. The number of carbonyl (C=O) groups is 1. The summed E-state index contributed by atoms with van der Waals surface area (Å²) < 4.78 is 11.4. The Kier molecular flexibility index (Phi) is 5.14. The Labute approximate surface area is 151 Å². The highest BCUT2D eigenvalue weighted by Gasteiger charge is 2.22. The largest absolute Gasteiger partial charge is 0.376 e. The molecule has 0 bridgehead atoms. The molecule has 0 saturated carbocycles. The summed E-state index contributed by atoms with van der Waals surface area (Å²) in [5, 5.41) is 4.24. The molecule has 4 rings (SSSR count). The maximum Gasteiger partial charge on any atom is 0.234 e. The van der Waals surface area contributed by atoms with Crippen LogP contribution in [0.3, 0.4) is 0 Å². The molecule has 0 spiro atoms. The van der Waals surface area contributed by atoms with Gasteiger partial charge in [-0.05, 0) is 36.5 Å². The summed E-state index contributed by atoms with van der Waals surface area (Å²) in [5.74, 6) is 1.19. The Morgan fingerprint density at radius 3 is 2.92 bits per heavy atom. The third kappa shape index (κ3) is 3.94. The number of aromatic nitrogens is 1.